The normalized spacial score (nSPS) is 10.3. The molecule has 6 heteroatoms. The Morgan fingerprint density at radius 1 is 1.47 bits per heavy atom. The third-order valence-electron chi connectivity index (χ3n) is 2.37. The summed E-state index contributed by atoms with van der Waals surface area (Å²) in [6.07, 6.45) is 0.394. The molecule has 1 aromatic carbocycles. The molecule has 0 fully saturated rings. The van der Waals surface area contributed by atoms with E-state index in [0.29, 0.717) is 23.0 Å². The van der Waals surface area contributed by atoms with Crippen molar-refractivity contribution in [2.45, 2.75) is 26.3 Å². The van der Waals surface area contributed by atoms with E-state index in [9.17, 15) is 4.79 Å². The fourth-order valence-corrected chi connectivity index (χ4v) is 1.89. The van der Waals surface area contributed by atoms with Gasteiger partial charge in [0.2, 0.25) is 5.91 Å². The van der Waals surface area contributed by atoms with Crippen molar-refractivity contribution in [3.8, 4) is 0 Å². The summed E-state index contributed by atoms with van der Waals surface area (Å²) >= 11 is 11.0. The van der Waals surface area contributed by atoms with Crippen LogP contribution >= 0.6 is 23.8 Å². The molecule has 0 heterocycles. The molecule has 4 N–H and O–H groups in total. The van der Waals surface area contributed by atoms with Crippen LogP contribution in [0, 0.1) is 0 Å². The maximum atomic E-state index is 11.5. The van der Waals surface area contributed by atoms with E-state index in [4.69, 9.17) is 29.6 Å². The van der Waals surface area contributed by atoms with Crippen LogP contribution in [0.25, 0.3) is 0 Å². The average molecular weight is 300 g/mol. The Morgan fingerprint density at radius 2 is 2.16 bits per heavy atom. The zero-order chi connectivity index (χ0) is 14.4. The largest absolute Gasteiger partial charge is 0.389 e. The Hall–Kier alpha value is -1.33. The van der Waals surface area contributed by atoms with E-state index < -0.39 is 0 Å². The van der Waals surface area contributed by atoms with Crippen LogP contribution in [0.5, 0.6) is 0 Å². The Labute approximate surface area is 123 Å². The Balaban J connectivity index is 2.50. The number of hydrogen-bond acceptors (Lipinski definition) is 3. The maximum Gasteiger partial charge on any atom is 0.221 e. The highest BCUT2D eigenvalue weighted by molar-refractivity contribution is 7.80. The van der Waals surface area contributed by atoms with E-state index in [1.807, 2.05) is 13.8 Å². The number of carbonyl (C=O) groups excluding carboxylic acids is 1. The molecule has 0 aromatic heterocycles. The molecule has 19 heavy (non-hydrogen) atoms. The second kappa shape index (κ2) is 7.31. The average Bonchev–Trinajstić information content (AvgIpc) is 2.29. The molecule has 0 bridgehead atoms. The smallest absolute Gasteiger partial charge is 0.221 e. The minimum atomic E-state index is 0.0124. The van der Waals surface area contributed by atoms with E-state index in [1.165, 1.54) is 0 Å². The molecule has 0 unspecified atom stereocenters. The van der Waals surface area contributed by atoms with Gasteiger partial charge in [-0.3, -0.25) is 4.79 Å². The lowest BCUT2D eigenvalue weighted by Gasteiger charge is -2.11. The summed E-state index contributed by atoms with van der Waals surface area (Å²) in [4.78, 5) is 11.8. The molecule has 0 saturated carbocycles. The second-order valence-corrected chi connectivity index (χ2v) is 5.30. The molecule has 4 nitrogen and oxygen atoms in total. The zero-order valence-corrected chi connectivity index (χ0v) is 12.6. The molecule has 1 aromatic rings. The first-order valence-corrected chi connectivity index (χ1v) is 6.81. The Morgan fingerprint density at radius 3 is 2.68 bits per heavy atom. The summed E-state index contributed by atoms with van der Waals surface area (Å²) in [6.45, 7) is 4.37. The van der Waals surface area contributed by atoms with Crippen molar-refractivity contribution in [3.05, 3.63) is 28.8 Å². The fraction of sp³-hybridized carbons (Fsp3) is 0.385. The molecular weight excluding hydrogens is 282 g/mol. The predicted molar refractivity (Wildman–Crippen MR) is 83.7 cm³/mol. The van der Waals surface area contributed by atoms with Gasteiger partial charge in [0, 0.05) is 24.6 Å². The lowest BCUT2D eigenvalue weighted by atomic mass is 10.2. The number of rotatable bonds is 6. The van der Waals surface area contributed by atoms with Crippen LogP contribution in [0.3, 0.4) is 0 Å². The maximum absolute atomic E-state index is 11.5. The first-order valence-electron chi connectivity index (χ1n) is 6.02. The van der Waals surface area contributed by atoms with Crippen LogP contribution in [-0.2, 0) is 4.79 Å². The monoisotopic (exact) mass is 299 g/mol. The fourth-order valence-electron chi connectivity index (χ4n) is 1.52. The molecule has 0 radical (unpaired) electrons. The third kappa shape index (κ3) is 5.44. The first kappa shape index (κ1) is 15.7. The van der Waals surface area contributed by atoms with Gasteiger partial charge in [-0.1, -0.05) is 23.8 Å². The number of anilines is 1. The van der Waals surface area contributed by atoms with Crippen molar-refractivity contribution in [1.82, 2.24) is 5.32 Å². The van der Waals surface area contributed by atoms with Crippen molar-refractivity contribution in [3.63, 3.8) is 0 Å². The lowest BCUT2D eigenvalue weighted by molar-refractivity contribution is -0.121. The van der Waals surface area contributed by atoms with E-state index in [2.05, 4.69) is 10.6 Å². The number of halogens is 1. The molecule has 0 aliphatic carbocycles. The zero-order valence-electron chi connectivity index (χ0n) is 11.0. The van der Waals surface area contributed by atoms with Crippen LogP contribution < -0.4 is 16.4 Å². The molecule has 0 aliphatic rings. The highest BCUT2D eigenvalue weighted by Crippen LogP contribution is 2.22. The number of nitrogens with one attached hydrogen (secondary N) is 2. The predicted octanol–water partition coefficient (Wildman–Crippen LogP) is 2.30. The first-order chi connectivity index (χ1) is 8.90. The van der Waals surface area contributed by atoms with Gasteiger partial charge in [-0.05, 0) is 32.0 Å². The van der Waals surface area contributed by atoms with Gasteiger partial charge in [0.05, 0.1) is 10.7 Å². The minimum absolute atomic E-state index is 0.0124. The molecular formula is C13H18ClN3OS. The van der Waals surface area contributed by atoms with E-state index in [1.54, 1.807) is 18.2 Å². The van der Waals surface area contributed by atoms with E-state index >= 15 is 0 Å². The molecule has 1 amide bonds. The summed E-state index contributed by atoms with van der Waals surface area (Å²) in [5.41, 5.74) is 7.01. The number of hydrogen-bond donors (Lipinski definition) is 3. The standard InChI is InChI=1S/C13H18ClN3OS/c1-8(2)17-12(18)5-6-16-11-4-3-9(13(15)19)7-10(11)14/h3-4,7-8,16H,5-6H2,1-2H3,(H2,15,19)(H,17,18). The van der Waals surface area contributed by atoms with Crippen LogP contribution in [0.15, 0.2) is 18.2 Å². The number of thiocarbonyl (C=S) groups is 1. The van der Waals surface area contributed by atoms with E-state index in [-0.39, 0.29) is 11.9 Å². The van der Waals surface area contributed by atoms with Crippen LogP contribution in [-0.4, -0.2) is 23.5 Å². The Kier molecular flexibility index (Phi) is 6.05. The van der Waals surface area contributed by atoms with Crippen LogP contribution in [0.2, 0.25) is 5.02 Å². The van der Waals surface area contributed by atoms with Crippen molar-refractivity contribution in [1.29, 1.82) is 0 Å². The molecule has 104 valence electrons. The molecule has 0 saturated heterocycles. The topological polar surface area (TPSA) is 67.2 Å². The van der Waals surface area contributed by atoms with Gasteiger partial charge in [0.25, 0.3) is 0 Å². The van der Waals surface area contributed by atoms with Gasteiger partial charge in [-0.15, -0.1) is 0 Å². The van der Waals surface area contributed by atoms with Gasteiger partial charge in [-0.25, -0.2) is 0 Å². The Bertz CT molecular complexity index is 477. The number of amides is 1. The van der Waals surface area contributed by atoms with Gasteiger partial charge < -0.3 is 16.4 Å². The summed E-state index contributed by atoms with van der Waals surface area (Å²) in [5, 5.41) is 6.47. The van der Waals surface area contributed by atoms with Gasteiger partial charge in [-0.2, -0.15) is 0 Å². The highest BCUT2D eigenvalue weighted by Gasteiger charge is 2.05. The van der Waals surface area contributed by atoms with Gasteiger partial charge in [0.15, 0.2) is 0 Å². The van der Waals surface area contributed by atoms with Crippen molar-refractivity contribution in [2.24, 2.45) is 5.73 Å². The van der Waals surface area contributed by atoms with Gasteiger partial charge in [0.1, 0.15) is 4.99 Å². The SMILES string of the molecule is CC(C)NC(=O)CCNc1ccc(C(N)=S)cc1Cl. The van der Waals surface area contributed by atoms with Crippen LogP contribution in [0.1, 0.15) is 25.8 Å². The lowest BCUT2D eigenvalue weighted by Crippen LogP contribution is -2.31. The van der Waals surface area contributed by atoms with Crippen molar-refractivity contribution in [2.75, 3.05) is 11.9 Å². The summed E-state index contributed by atoms with van der Waals surface area (Å²) < 4.78 is 0. The highest BCUT2D eigenvalue weighted by atomic mass is 35.5. The molecule has 0 spiro atoms. The number of benzene rings is 1. The second-order valence-electron chi connectivity index (χ2n) is 4.46. The van der Waals surface area contributed by atoms with Crippen molar-refractivity contribution < 1.29 is 4.79 Å². The summed E-state index contributed by atoms with van der Waals surface area (Å²) in [5.74, 6) is 0.0124. The van der Waals surface area contributed by atoms with Gasteiger partial charge >= 0.3 is 0 Å². The number of carbonyl (C=O) groups is 1. The number of nitrogens with two attached hydrogens (primary N) is 1. The molecule has 1 rings (SSSR count). The summed E-state index contributed by atoms with van der Waals surface area (Å²) in [6, 6.07) is 5.46. The summed E-state index contributed by atoms with van der Waals surface area (Å²) in [7, 11) is 0. The minimum Gasteiger partial charge on any atom is -0.389 e. The molecule has 0 aliphatic heterocycles. The van der Waals surface area contributed by atoms with E-state index in [0.717, 1.165) is 11.3 Å². The molecule has 0 atom stereocenters. The van der Waals surface area contributed by atoms with Crippen LogP contribution in [0.4, 0.5) is 5.69 Å². The quantitative estimate of drug-likeness (QED) is 0.705. The third-order valence-corrected chi connectivity index (χ3v) is 2.92. The van der Waals surface area contributed by atoms with Crippen molar-refractivity contribution >= 4 is 40.4 Å².